The Bertz CT molecular complexity index is 460. The van der Waals surface area contributed by atoms with Gasteiger partial charge in [-0.15, -0.1) is 0 Å². The van der Waals surface area contributed by atoms with Crippen molar-refractivity contribution in [2.45, 2.75) is 12.7 Å². The van der Waals surface area contributed by atoms with Gasteiger partial charge in [0.05, 0.1) is 6.54 Å². The van der Waals surface area contributed by atoms with Crippen molar-refractivity contribution in [2.24, 2.45) is 5.73 Å². The van der Waals surface area contributed by atoms with Crippen molar-refractivity contribution >= 4 is 0 Å². The molecule has 1 rings (SSSR count). The largest absolute Gasteiger partial charge is 0.376 e. The highest BCUT2D eigenvalue weighted by molar-refractivity contribution is 5.18. The Morgan fingerprint density at radius 2 is 2.25 bits per heavy atom. The number of aromatic nitrogens is 1. The Hall–Kier alpha value is -2.19. The van der Waals surface area contributed by atoms with Gasteiger partial charge in [-0.25, -0.2) is 0 Å². The normalized spacial score (nSPS) is 12.2. The second kappa shape index (κ2) is 8.08. The molecule has 0 aliphatic carbocycles. The minimum atomic E-state index is -0.632. The number of nitrogens with one attached hydrogen (secondary N) is 1. The van der Waals surface area contributed by atoms with E-state index in [-0.39, 0.29) is 13.0 Å². The van der Waals surface area contributed by atoms with Crippen LogP contribution < -0.4 is 11.1 Å². The van der Waals surface area contributed by atoms with Crippen LogP contribution in [-0.2, 0) is 15.9 Å². The molecule has 8 heteroatoms. The number of ether oxygens (including phenoxy) is 2. The first-order chi connectivity index (χ1) is 9.58. The summed E-state index contributed by atoms with van der Waals surface area (Å²) in [7, 11) is 2.97. The van der Waals surface area contributed by atoms with Crippen molar-refractivity contribution in [2.75, 3.05) is 20.8 Å². The predicted octanol–water partition coefficient (Wildman–Crippen LogP) is 0.237. The molecule has 0 radical (unpaired) electrons. The van der Waals surface area contributed by atoms with Crippen molar-refractivity contribution in [3.63, 3.8) is 0 Å². The van der Waals surface area contributed by atoms with Gasteiger partial charge >= 0.3 is 5.82 Å². The average molecular weight is 282 g/mol. The van der Waals surface area contributed by atoms with Gasteiger partial charge in [-0.1, -0.05) is 6.07 Å². The number of allylic oxidation sites excluding steroid dienone is 1. The summed E-state index contributed by atoms with van der Waals surface area (Å²) in [5, 5.41) is 13.7. The first-order valence-corrected chi connectivity index (χ1v) is 5.89. The van der Waals surface area contributed by atoms with Crippen LogP contribution in [-0.4, -0.2) is 37.0 Å². The molecule has 0 amide bonds. The molecule has 0 saturated heterocycles. The molecule has 0 unspecified atom stereocenters. The zero-order chi connectivity index (χ0) is 15.0. The lowest BCUT2D eigenvalue weighted by Crippen LogP contribution is -2.32. The molecule has 0 saturated carbocycles. The fourth-order valence-corrected chi connectivity index (χ4v) is 1.53. The molecule has 20 heavy (non-hydrogen) atoms. The molecule has 0 aliphatic heterocycles. The van der Waals surface area contributed by atoms with E-state index in [2.05, 4.69) is 10.3 Å². The van der Waals surface area contributed by atoms with E-state index in [0.717, 1.165) is 5.56 Å². The highest BCUT2D eigenvalue weighted by atomic mass is 16.7. The number of hydrogen-bond donors (Lipinski definition) is 2. The number of nitrogens with zero attached hydrogens (tertiary/aromatic N) is 2. The third kappa shape index (κ3) is 4.82. The summed E-state index contributed by atoms with van der Waals surface area (Å²) in [5.74, 6) is -0.431. The van der Waals surface area contributed by atoms with E-state index >= 15 is 0 Å². The zero-order valence-electron chi connectivity index (χ0n) is 11.4. The fourth-order valence-electron chi connectivity index (χ4n) is 1.53. The molecule has 1 heterocycles. The van der Waals surface area contributed by atoms with Gasteiger partial charge in [-0.2, -0.15) is 0 Å². The molecule has 8 nitrogen and oxygen atoms in total. The van der Waals surface area contributed by atoms with Crippen molar-refractivity contribution in [3.05, 3.63) is 51.7 Å². The van der Waals surface area contributed by atoms with Crippen LogP contribution in [0, 0.1) is 10.1 Å². The van der Waals surface area contributed by atoms with Crippen LogP contribution in [0.15, 0.2) is 36.0 Å². The van der Waals surface area contributed by atoms with Gasteiger partial charge in [0, 0.05) is 33.0 Å². The van der Waals surface area contributed by atoms with E-state index in [4.69, 9.17) is 15.2 Å². The summed E-state index contributed by atoms with van der Waals surface area (Å²) in [6.07, 6.45) is 3.02. The molecule has 0 aromatic carbocycles. The quantitative estimate of drug-likeness (QED) is 0.399. The fraction of sp³-hybridized carbons (Fsp3) is 0.417. The Labute approximate surface area is 116 Å². The average Bonchev–Trinajstić information content (AvgIpc) is 2.47. The number of methoxy groups -OCH3 is 2. The van der Waals surface area contributed by atoms with Gasteiger partial charge in [0.15, 0.2) is 6.29 Å². The molecule has 3 N–H and O–H groups in total. The predicted molar refractivity (Wildman–Crippen MR) is 72.0 cm³/mol. The molecular formula is C12H18N4O4. The van der Waals surface area contributed by atoms with Crippen LogP contribution in [0.3, 0.4) is 0 Å². The van der Waals surface area contributed by atoms with E-state index in [1.54, 1.807) is 18.5 Å². The minimum absolute atomic E-state index is 0.247. The van der Waals surface area contributed by atoms with E-state index in [1.807, 2.05) is 6.07 Å². The highest BCUT2D eigenvalue weighted by Gasteiger charge is 2.15. The van der Waals surface area contributed by atoms with Gasteiger partial charge in [0.2, 0.25) is 0 Å². The van der Waals surface area contributed by atoms with E-state index in [0.29, 0.717) is 5.70 Å². The Morgan fingerprint density at radius 1 is 1.55 bits per heavy atom. The van der Waals surface area contributed by atoms with E-state index in [1.165, 1.54) is 14.2 Å². The summed E-state index contributed by atoms with van der Waals surface area (Å²) in [4.78, 5) is 14.1. The Kier molecular flexibility index (Phi) is 6.41. The number of hydrogen-bond acceptors (Lipinski definition) is 7. The maximum absolute atomic E-state index is 10.8. The van der Waals surface area contributed by atoms with Gasteiger partial charge < -0.3 is 24.9 Å². The summed E-state index contributed by atoms with van der Waals surface area (Å²) in [6.45, 7) is 0.247. The molecule has 0 bridgehead atoms. The molecule has 0 spiro atoms. The first-order valence-electron chi connectivity index (χ1n) is 5.89. The van der Waals surface area contributed by atoms with E-state index in [9.17, 15) is 10.1 Å². The first kappa shape index (κ1) is 15.9. The minimum Gasteiger partial charge on any atom is -0.376 e. The summed E-state index contributed by atoms with van der Waals surface area (Å²) >= 11 is 0. The van der Waals surface area contributed by atoms with Crippen LogP contribution in [0.1, 0.15) is 5.56 Å². The van der Waals surface area contributed by atoms with Crippen LogP contribution in [0.25, 0.3) is 0 Å². The van der Waals surface area contributed by atoms with Crippen molar-refractivity contribution in [3.8, 4) is 0 Å². The highest BCUT2D eigenvalue weighted by Crippen LogP contribution is 2.07. The second-order valence-electron chi connectivity index (χ2n) is 3.94. The third-order valence-corrected chi connectivity index (χ3v) is 2.62. The summed E-state index contributed by atoms with van der Waals surface area (Å²) in [6, 6.07) is 3.56. The van der Waals surface area contributed by atoms with Crippen LogP contribution in [0.4, 0.5) is 0 Å². The number of pyridine rings is 1. The van der Waals surface area contributed by atoms with Gasteiger partial charge in [0.1, 0.15) is 5.70 Å². The maximum Gasteiger partial charge on any atom is 0.333 e. The summed E-state index contributed by atoms with van der Waals surface area (Å²) in [5.41, 5.74) is 6.60. The lowest BCUT2D eigenvalue weighted by Gasteiger charge is -2.16. The molecular weight excluding hydrogens is 264 g/mol. The maximum atomic E-state index is 10.8. The van der Waals surface area contributed by atoms with Gasteiger partial charge in [-0.05, 0) is 16.6 Å². The van der Waals surface area contributed by atoms with Gasteiger partial charge in [0.25, 0.3) is 0 Å². The zero-order valence-corrected chi connectivity index (χ0v) is 11.4. The smallest absolute Gasteiger partial charge is 0.333 e. The van der Waals surface area contributed by atoms with Crippen molar-refractivity contribution < 1.29 is 14.4 Å². The van der Waals surface area contributed by atoms with E-state index < -0.39 is 17.0 Å². The number of nitro groups is 1. The van der Waals surface area contributed by atoms with Gasteiger partial charge in [-0.3, -0.25) is 10.7 Å². The molecule has 1 aromatic rings. The topological polar surface area (TPSA) is 113 Å². The van der Waals surface area contributed by atoms with Crippen LogP contribution in [0.2, 0.25) is 0 Å². The summed E-state index contributed by atoms with van der Waals surface area (Å²) < 4.78 is 10.0. The molecule has 0 aliphatic rings. The lowest BCUT2D eigenvalue weighted by molar-refractivity contribution is -0.428. The van der Waals surface area contributed by atoms with Crippen LogP contribution >= 0.6 is 0 Å². The third-order valence-electron chi connectivity index (χ3n) is 2.62. The standard InChI is InChI=1S/C12H18N4O4/c1-19-11(20-2)8-15-10(12(13)16(17)18)6-9-4-3-5-14-7-9/h3-5,7,11,15H,6,8,13H2,1-2H3. The SMILES string of the molecule is COC(CNC(Cc1cccnc1)=C(N)[N+](=O)[O-])OC. The molecule has 1 aromatic heterocycles. The monoisotopic (exact) mass is 282 g/mol. The molecule has 110 valence electrons. The Balaban J connectivity index is 2.82. The van der Waals surface area contributed by atoms with Crippen LogP contribution in [0.5, 0.6) is 0 Å². The number of rotatable bonds is 8. The number of nitrogens with two attached hydrogens (primary N) is 1. The van der Waals surface area contributed by atoms with Crippen molar-refractivity contribution in [1.82, 2.24) is 10.3 Å². The van der Waals surface area contributed by atoms with Crippen molar-refractivity contribution in [1.29, 1.82) is 0 Å². The Morgan fingerprint density at radius 3 is 2.75 bits per heavy atom. The molecule has 0 fully saturated rings. The second-order valence-corrected chi connectivity index (χ2v) is 3.94. The molecule has 0 atom stereocenters. The lowest BCUT2D eigenvalue weighted by atomic mass is 10.1.